The molecule has 0 aliphatic carbocycles. The number of phenolic OH excluding ortho intramolecular Hbond substituents is 1. The standard InChI is InChI=1S/C13H17NO/c1-2-5-11(10-14)8-9-12-6-3-4-7-13(12)15/h3-4,6-7,11,15H,2,5,8-9H2,1H3. The molecule has 1 N–H and O–H groups in total. The molecule has 0 saturated heterocycles. The topological polar surface area (TPSA) is 44.0 Å². The van der Waals surface area contributed by atoms with Gasteiger partial charge in [0.2, 0.25) is 0 Å². The molecule has 1 aromatic rings. The average molecular weight is 203 g/mol. The minimum atomic E-state index is 0.120. The number of hydrogen-bond acceptors (Lipinski definition) is 2. The number of benzene rings is 1. The summed E-state index contributed by atoms with van der Waals surface area (Å²) < 4.78 is 0. The lowest BCUT2D eigenvalue weighted by Gasteiger charge is -2.08. The maximum atomic E-state index is 9.54. The van der Waals surface area contributed by atoms with E-state index in [1.54, 1.807) is 6.07 Å². The van der Waals surface area contributed by atoms with E-state index in [9.17, 15) is 5.11 Å². The quantitative estimate of drug-likeness (QED) is 0.798. The van der Waals surface area contributed by atoms with Crippen LogP contribution in [0.2, 0.25) is 0 Å². The Balaban J connectivity index is 2.50. The number of nitrogens with zero attached hydrogens (tertiary/aromatic N) is 1. The second-order valence-electron chi connectivity index (χ2n) is 3.78. The third kappa shape index (κ3) is 3.63. The van der Waals surface area contributed by atoms with Crippen LogP contribution < -0.4 is 0 Å². The highest BCUT2D eigenvalue weighted by molar-refractivity contribution is 5.31. The summed E-state index contributed by atoms with van der Waals surface area (Å²) >= 11 is 0. The first kappa shape index (κ1) is 11.6. The van der Waals surface area contributed by atoms with Gasteiger partial charge in [0.25, 0.3) is 0 Å². The van der Waals surface area contributed by atoms with Crippen LogP contribution in [-0.4, -0.2) is 5.11 Å². The fourth-order valence-corrected chi connectivity index (χ4v) is 1.67. The Hall–Kier alpha value is -1.49. The number of aromatic hydroxyl groups is 1. The first-order chi connectivity index (χ1) is 7.27. The maximum absolute atomic E-state index is 9.54. The average Bonchev–Trinajstić information content (AvgIpc) is 2.26. The molecule has 0 amide bonds. The van der Waals surface area contributed by atoms with Gasteiger partial charge >= 0.3 is 0 Å². The van der Waals surface area contributed by atoms with Gasteiger partial charge < -0.3 is 5.11 Å². The first-order valence-corrected chi connectivity index (χ1v) is 5.44. The zero-order chi connectivity index (χ0) is 11.1. The van der Waals surface area contributed by atoms with E-state index in [-0.39, 0.29) is 5.92 Å². The van der Waals surface area contributed by atoms with Gasteiger partial charge in [-0.3, -0.25) is 0 Å². The molecule has 2 heteroatoms. The molecule has 0 aromatic heterocycles. The SMILES string of the molecule is CCCC(C#N)CCc1ccccc1O. The van der Waals surface area contributed by atoms with Crippen LogP contribution in [0.3, 0.4) is 0 Å². The van der Waals surface area contributed by atoms with Crippen LogP contribution in [0.15, 0.2) is 24.3 Å². The van der Waals surface area contributed by atoms with Crippen molar-refractivity contribution in [2.45, 2.75) is 32.6 Å². The number of aryl methyl sites for hydroxylation is 1. The summed E-state index contributed by atoms with van der Waals surface area (Å²) in [5, 5.41) is 18.4. The van der Waals surface area contributed by atoms with E-state index in [0.717, 1.165) is 31.2 Å². The van der Waals surface area contributed by atoms with Gasteiger partial charge in [-0.2, -0.15) is 5.26 Å². The van der Waals surface area contributed by atoms with Crippen LogP contribution in [0, 0.1) is 17.2 Å². The molecule has 1 aromatic carbocycles. The molecule has 0 bridgehead atoms. The number of phenols is 1. The fraction of sp³-hybridized carbons (Fsp3) is 0.462. The molecule has 0 aliphatic rings. The third-order valence-corrected chi connectivity index (χ3v) is 2.57. The first-order valence-electron chi connectivity index (χ1n) is 5.44. The van der Waals surface area contributed by atoms with Gasteiger partial charge in [-0.25, -0.2) is 0 Å². The van der Waals surface area contributed by atoms with Crippen molar-refractivity contribution in [1.29, 1.82) is 5.26 Å². The highest BCUT2D eigenvalue weighted by Crippen LogP contribution is 2.20. The van der Waals surface area contributed by atoms with Gasteiger partial charge in [0, 0.05) is 5.92 Å². The van der Waals surface area contributed by atoms with Crippen LogP contribution in [0.5, 0.6) is 5.75 Å². The second kappa shape index (κ2) is 6.08. The number of para-hydroxylation sites is 1. The molecule has 0 fully saturated rings. The largest absolute Gasteiger partial charge is 0.508 e. The lowest BCUT2D eigenvalue weighted by molar-refractivity contribution is 0.462. The fourth-order valence-electron chi connectivity index (χ4n) is 1.67. The Kier molecular flexibility index (Phi) is 4.70. The van der Waals surface area contributed by atoms with Gasteiger partial charge in [0.05, 0.1) is 6.07 Å². The minimum absolute atomic E-state index is 0.120. The van der Waals surface area contributed by atoms with Crippen molar-refractivity contribution in [3.05, 3.63) is 29.8 Å². The van der Waals surface area contributed by atoms with Crippen molar-refractivity contribution in [1.82, 2.24) is 0 Å². The highest BCUT2D eigenvalue weighted by Gasteiger charge is 2.07. The van der Waals surface area contributed by atoms with Crippen LogP contribution in [0.25, 0.3) is 0 Å². The molecule has 0 spiro atoms. The Morgan fingerprint density at radius 1 is 1.33 bits per heavy atom. The van der Waals surface area contributed by atoms with E-state index in [0.29, 0.717) is 5.75 Å². The molecule has 0 radical (unpaired) electrons. The summed E-state index contributed by atoms with van der Waals surface area (Å²) in [7, 11) is 0. The molecule has 1 rings (SSSR count). The molecule has 2 nitrogen and oxygen atoms in total. The molecule has 15 heavy (non-hydrogen) atoms. The normalized spacial score (nSPS) is 12.0. The van der Waals surface area contributed by atoms with E-state index >= 15 is 0 Å². The monoisotopic (exact) mass is 203 g/mol. The predicted molar refractivity (Wildman–Crippen MR) is 60.4 cm³/mol. The zero-order valence-electron chi connectivity index (χ0n) is 9.11. The van der Waals surface area contributed by atoms with E-state index in [2.05, 4.69) is 13.0 Å². The third-order valence-electron chi connectivity index (χ3n) is 2.57. The maximum Gasteiger partial charge on any atom is 0.118 e. The smallest absolute Gasteiger partial charge is 0.118 e. The molecule has 0 heterocycles. The van der Waals surface area contributed by atoms with Crippen molar-refractivity contribution in [3.8, 4) is 11.8 Å². The van der Waals surface area contributed by atoms with Gasteiger partial charge in [0.15, 0.2) is 0 Å². The lowest BCUT2D eigenvalue weighted by atomic mass is 9.96. The van der Waals surface area contributed by atoms with Crippen LogP contribution in [0.1, 0.15) is 31.7 Å². The Labute approximate surface area is 91.2 Å². The van der Waals surface area contributed by atoms with Gasteiger partial charge in [-0.1, -0.05) is 31.5 Å². The minimum Gasteiger partial charge on any atom is -0.508 e. The van der Waals surface area contributed by atoms with Gasteiger partial charge in [-0.05, 0) is 30.9 Å². The number of hydrogen-bond donors (Lipinski definition) is 1. The summed E-state index contributed by atoms with van der Waals surface area (Å²) in [6.07, 6.45) is 3.61. The summed E-state index contributed by atoms with van der Waals surface area (Å²) in [4.78, 5) is 0. The van der Waals surface area contributed by atoms with Crippen molar-refractivity contribution in [3.63, 3.8) is 0 Å². The Bertz CT molecular complexity index is 341. The molecule has 1 atom stereocenters. The van der Waals surface area contributed by atoms with Crippen LogP contribution in [-0.2, 0) is 6.42 Å². The summed E-state index contributed by atoms with van der Waals surface area (Å²) in [5.41, 5.74) is 0.939. The molecular weight excluding hydrogens is 186 g/mol. The highest BCUT2D eigenvalue weighted by atomic mass is 16.3. The Morgan fingerprint density at radius 3 is 2.67 bits per heavy atom. The van der Waals surface area contributed by atoms with E-state index in [1.807, 2.05) is 18.2 Å². The second-order valence-corrected chi connectivity index (χ2v) is 3.78. The van der Waals surface area contributed by atoms with Gasteiger partial charge in [-0.15, -0.1) is 0 Å². The molecule has 80 valence electrons. The Morgan fingerprint density at radius 2 is 2.07 bits per heavy atom. The molecular formula is C13H17NO. The van der Waals surface area contributed by atoms with Gasteiger partial charge in [0.1, 0.15) is 5.75 Å². The van der Waals surface area contributed by atoms with Crippen molar-refractivity contribution >= 4 is 0 Å². The lowest BCUT2D eigenvalue weighted by Crippen LogP contribution is -1.99. The number of nitriles is 1. The summed E-state index contributed by atoms with van der Waals surface area (Å²) in [6, 6.07) is 9.64. The van der Waals surface area contributed by atoms with Crippen LogP contribution in [0.4, 0.5) is 0 Å². The molecule has 0 saturated carbocycles. The summed E-state index contributed by atoms with van der Waals surface area (Å²) in [6.45, 7) is 2.09. The van der Waals surface area contributed by atoms with E-state index in [1.165, 1.54) is 0 Å². The van der Waals surface area contributed by atoms with E-state index in [4.69, 9.17) is 5.26 Å². The summed E-state index contributed by atoms with van der Waals surface area (Å²) in [5.74, 6) is 0.459. The number of rotatable bonds is 5. The molecule has 0 aliphatic heterocycles. The predicted octanol–water partition coefficient (Wildman–Crippen LogP) is 3.26. The van der Waals surface area contributed by atoms with E-state index < -0.39 is 0 Å². The van der Waals surface area contributed by atoms with Crippen molar-refractivity contribution in [2.24, 2.45) is 5.92 Å². The van der Waals surface area contributed by atoms with Crippen molar-refractivity contribution < 1.29 is 5.11 Å². The zero-order valence-corrected chi connectivity index (χ0v) is 9.11. The van der Waals surface area contributed by atoms with Crippen LogP contribution >= 0.6 is 0 Å². The van der Waals surface area contributed by atoms with Crippen molar-refractivity contribution in [2.75, 3.05) is 0 Å². The molecule has 1 unspecified atom stereocenters.